The number of aromatic nitrogens is 4. The van der Waals surface area contributed by atoms with Crippen molar-refractivity contribution < 1.29 is 37.4 Å². The molecule has 15 heteroatoms. The van der Waals surface area contributed by atoms with E-state index in [1.54, 1.807) is 17.8 Å². The summed E-state index contributed by atoms with van der Waals surface area (Å²) in [6.07, 6.45) is 4.53. The van der Waals surface area contributed by atoms with Crippen LogP contribution in [-0.2, 0) is 50.4 Å². The van der Waals surface area contributed by atoms with Gasteiger partial charge in [0.2, 0.25) is 0 Å². The third-order valence-corrected chi connectivity index (χ3v) is 9.25. The Bertz CT molecular complexity index is 1470. The number of nitrogens with two attached hydrogens (primary N) is 2. The van der Waals surface area contributed by atoms with Gasteiger partial charge in [-0.2, -0.15) is 0 Å². The second kappa shape index (κ2) is 18.8. The first-order valence-electron chi connectivity index (χ1n) is 16.0. The lowest BCUT2D eigenvalue weighted by Gasteiger charge is -2.20. The molecule has 14 nitrogen and oxygen atoms in total. The van der Waals surface area contributed by atoms with E-state index in [0.717, 1.165) is 18.4 Å². The molecule has 3 aromatic rings. The highest BCUT2D eigenvalue weighted by Crippen LogP contribution is 2.48. The largest absolute Gasteiger partial charge is 0.465 e. The number of fused-ring (bicyclic) bond motifs is 1. The molecule has 4 atom stereocenters. The number of rotatable bonds is 21. The van der Waals surface area contributed by atoms with Crippen molar-refractivity contribution in [2.24, 2.45) is 17.6 Å². The van der Waals surface area contributed by atoms with E-state index in [9.17, 15) is 14.2 Å². The Morgan fingerprint density at radius 1 is 0.915 bits per heavy atom. The SMILES string of the molecule is CCC(C)[C@@H](N)C(=O)OCCOP(=O)(COCCn1cnc2c(N)ncnc21)OCCCOC(=O)C(C)c1ccc(CC(C)C)cc1. The Morgan fingerprint density at radius 2 is 1.62 bits per heavy atom. The summed E-state index contributed by atoms with van der Waals surface area (Å²) in [6.45, 7) is 10.1. The summed E-state index contributed by atoms with van der Waals surface area (Å²) < 4.78 is 42.8. The highest BCUT2D eigenvalue weighted by molar-refractivity contribution is 7.53. The monoisotopic (exact) mass is 676 g/mol. The lowest BCUT2D eigenvalue weighted by atomic mass is 9.97. The fourth-order valence-corrected chi connectivity index (χ4v) is 5.86. The molecule has 0 aliphatic rings. The van der Waals surface area contributed by atoms with Gasteiger partial charge in [-0.05, 0) is 36.3 Å². The van der Waals surface area contributed by atoms with E-state index in [1.807, 2.05) is 38.1 Å². The van der Waals surface area contributed by atoms with Gasteiger partial charge in [0.25, 0.3) is 0 Å². The zero-order chi connectivity index (χ0) is 34.4. The normalized spacial score (nSPS) is 14.9. The topological polar surface area (TPSA) is 193 Å². The molecular weight excluding hydrogens is 627 g/mol. The lowest BCUT2D eigenvalue weighted by molar-refractivity contribution is -0.147. The van der Waals surface area contributed by atoms with Crippen molar-refractivity contribution in [1.82, 2.24) is 19.5 Å². The third kappa shape index (κ3) is 12.0. The number of benzene rings is 1. The maximum atomic E-state index is 13.6. The number of carbonyl (C=O) groups is 2. The quantitative estimate of drug-likeness (QED) is 0.0913. The molecule has 1 aromatic carbocycles. The van der Waals surface area contributed by atoms with Crippen molar-refractivity contribution in [1.29, 1.82) is 0 Å². The minimum Gasteiger partial charge on any atom is -0.465 e. The van der Waals surface area contributed by atoms with Gasteiger partial charge in [-0.3, -0.25) is 14.2 Å². The molecule has 2 heterocycles. The van der Waals surface area contributed by atoms with E-state index in [0.29, 0.717) is 23.6 Å². The van der Waals surface area contributed by atoms with Crippen LogP contribution in [0.4, 0.5) is 5.82 Å². The van der Waals surface area contributed by atoms with E-state index in [2.05, 4.69) is 28.8 Å². The highest BCUT2D eigenvalue weighted by atomic mass is 31.2. The van der Waals surface area contributed by atoms with Crippen LogP contribution < -0.4 is 11.5 Å². The van der Waals surface area contributed by atoms with Crippen LogP contribution in [-0.4, -0.2) is 76.9 Å². The van der Waals surface area contributed by atoms with Crippen molar-refractivity contribution >= 4 is 36.5 Å². The summed E-state index contributed by atoms with van der Waals surface area (Å²) in [4.78, 5) is 37.2. The number of esters is 2. The van der Waals surface area contributed by atoms with Gasteiger partial charge in [-0.15, -0.1) is 0 Å². The zero-order valence-electron chi connectivity index (χ0n) is 28.0. The first kappa shape index (κ1) is 38.0. The summed E-state index contributed by atoms with van der Waals surface area (Å²) in [5, 5.41) is 0. The highest BCUT2D eigenvalue weighted by Gasteiger charge is 2.27. The number of hydrogen-bond donors (Lipinski definition) is 2. The second-order valence-electron chi connectivity index (χ2n) is 11.8. The van der Waals surface area contributed by atoms with Gasteiger partial charge in [-0.1, -0.05) is 58.4 Å². The summed E-state index contributed by atoms with van der Waals surface area (Å²) in [5.74, 6) is -0.585. The molecule has 0 bridgehead atoms. The maximum Gasteiger partial charge on any atom is 0.356 e. The van der Waals surface area contributed by atoms with Crippen molar-refractivity contribution in [3.63, 3.8) is 0 Å². The molecule has 0 amide bonds. The Balaban J connectivity index is 1.48. The standard InChI is InChI=1S/C32H49N6O8P/c1-6-23(4)27(33)32(40)44-16-17-46-47(41,21-42-15-12-38-20-37-28-29(34)35-19-36-30(28)38)45-14-7-13-43-31(39)24(5)26-10-8-25(9-11-26)18-22(2)3/h8-11,19-20,22-24,27H,6-7,12-18,21,33H2,1-5H3,(H2,34,35,36)/t23?,24?,27-,47?/m1/s1. The van der Waals surface area contributed by atoms with Gasteiger partial charge in [0.1, 0.15) is 30.8 Å². The van der Waals surface area contributed by atoms with Crippen molar-refractivity contribution in [2.45, 2.75) is 72.4 Å². The van der Waals surface area contributed by atoms with E-state index >= 15 is 0 Å². The van der Waals surface area contributed by atoms with E-state index in [4.69, 9.17) is 34.7 Å². The van der Waals surface area contributed by atoms with Crippen LogP contribution in [0.5, 0.6) is 0 Å². The molecule has 2 aromatic heterocycles. The Hall–Kier alpha value is -3.42. The maximum absolute atomic E-state index is 13.6. The predicted molar refractivity (Wildman–Crippen MR) is 177 cm³/mol. The van der Waals surface area contributed by atoms with Crippen LogP contribution in [0.2, 0.25) is 0 Å². The number of anilines is 1. The summed E-state index contributed by atoms with van der Waals surface area (Å²) in [6, 6.07) is 7.22. The number of imidazole rings is 1. The number of carbonyl (C=O) groups excluding carboxylic acids is 2. The fourth-order valence-electron chi connectivity index (χ4n) is 4.52. The van der Waals surface area contributed by atoms with Crippen LogP contribution in [0.3, 0.4) is 0 Å². The van der Waals surface area contributed by atoms with Crippen LogP contribution in [0, 0.1) is 11.8 Å². The van der Waals surface area contributed by atoms with Gasteiger partial charge < -0.3 is 39.3 Å². The van der Waals surface area contributed by atoms with Crippen LogP contribution in [0.25, 0.3) is 11.2 Å². The van der Waals surface area contributed by atoms with E-state index in [-0.39, 0.29) is 63.5 Å². The van der Waals surface area contributed by atoms with Gasteiger partial charge >= 0.3 is 19.5 Å². The zero-order valence-corrected chi connectivity index (χ0v) is 28.9. The average Bonchev–Trinajstić information content (AvgIpc) is 3.48. The van der Waals surface area contributed by atoms with Crippen molar-refractivity contribution in [3.05, 3.63) is 48.0 Å². The lowest BCUT2D eigenvalue weighted by Crippen LogP contribution is -2.38. The van der Waals surface area contributed by atoms with Crippen LogP contribution in [0.15, 0.2) is 36.9 Å². The van der Waals surface area contributed by atoms with Crippen LogP contribution >= 0.6 is 7.60 Å². The molecule has 0 saturated heterocycles. The van der Waals surface area contributed by atoms with E-state index in [1.165, 1.54) is 11.9 Å². The summed E-state index contributed by atoms with van der Waals surface area (Å²) in [7, 11) is -3.79. The number of nitrogen functional groups attached to an aromatic ring is 1. The number of hydrogen-bond acceptors (Lipinski definition) is 13. The molecule has 4 N–H and O–H groups in total. The van der Waals surface area contributed by atoms with Gasteiger partial charge in [0.05, 0.1) is 38.7 Å². The molecule has 3 rings (SSSR count). The van der Waals surface area contributed by atoms with Crippen LogP contribution in [0.1, 0.15) is 64.5 Å². The smallest absolute Gasteiger partial charge is 0.356 e. The Labute approximate surface area is 276 Å². The van der Waals surface area contributed by atoms with Gasteiger partial charge in [-0.25, -0.2) is 15.0 Å². The molecule has 0 saturated carbocycles. The molecule has 3 unspecified atom stereocenters. The Morgan fingerprint density at radius 3 is 2.32 bits per heavy atom. The number of ether oxygens (including phenoxy) is 3. The molecule has 260 valence electrons. The molecule has 0 fully saturated rings. The minimum absolute atomic E-state index is 0.0206. The Kier molecular flexibility index (Phi) is 15.2. The predicted octanol–water partition coefficient (Wildman–Crippen LogP) is 4.46. The number of nitrogens with zero attached hydrogens (tertiary/aromatic N) is 4. The molecule has 0 aliphatic carbocycles. The van der Waals surface area contributed by atoms with Crippen molar-refractivity contribution in [2.75, 3.05) is 45.1 Å². The first-order valence-corrected chi connectivity index (χ1v) is 17.7. The van der Waals surface area contributed by atoms with Gasteiger partial charge in [0, 0.05) is 13.0 Å². The summed E-state index contributed by atoms with van der Waals surface area (Å²) >= 11 is 0. The fraction of sp³-hybridized carbons (Fsp3) is 0.594. The van der Waals surface area contributed by atoms with Crippen molar-refractivity contribution in [3.8, 4) is 0 Å². The minimum atomic E-state index is -3.79. The summed E-state index contributed by atoms with van der Waals surface area (Å²) in [5.41, 5.74) is 14.9. The average molecular weight is 677 g/mol. The third-order valence-electron chi connectivity index (χ3n) is 7.60. The molecular formula is C32H49N6O8P. The molecule has 47 heavy (non-hydrogen) atoms. The first-order chi connectivity index (χ1) is 22.4. The molecule has 0 aliphatic heterocycles. The van der Waals surface area contributed by atoms with Gasteiger partial charge in [0.15, 0.2) is 11.5 Å². The van der Waals surface area contributed by atoms with E-state index < -0.39 is 25.5 Å². The second-order valence-corrected chi connectivity index (χ2v) is 13.8. The molecule has 0 radical (unpaired) electrons. The molecule has 0 spiro atoms.